The van der Waals surface area contributed by atoms with Crippen LogP contribution in [-0.2, 0) is 16.1 Å². The lowest BCUT2D eigenvalue weighted by Crippen LogP contribution is -2.39. The normalized spacial score (nSPS) is 14.8. The van der Waals surface area contributed by atoms with Gasteiger partial charge in [0.25, 0.3) is 5.56 Å². The smallest absolute Gasteiger partial charge is 0.338 e. The van der Waals surface area contributed by atoms with Gasteiger partial charge in [-0.1, -0.05) is 70.4 Å². The van der Waals surface area contributed by atoms with E-state index in [-0.39, 0.29) is 18.8 Å². The van der Waals surface area contributed by atoms with Gasteiger partial charge >= 0.3 is 5.97 Å². The van der Waals surface area contributed by atoms with Crippen molar-refractivity contribution in [1.29, 1.82) is 0 Å². The van der Waals surface area contributed by atoms with Crippen LogP contribution in [0.5, 0.6) is 11.5 Å². The van der Waals surface area contributed by atoms with Gasteiger partial charge in [-0.3, -0.25) is 9.36 Å². The van der Waals surface area contributed by atoms with Crippen LogP contribution in [0, 0.1) is 0 Å². The van der Waals surface area contributed by atoms with E-state index >= 15 is 0 Å². The van der Waals surface area contributed by atoms with Gasteiger partial charge in [-0.15, -0.1) is 0 Å². The maximum atomic E-state index is 13.9. The minimum absolute atomic E-state index is 0.190. The van der Waals surface area contributed by atoms with Crippen molar-refractivity contribution >= 4 is 58.2 Å². The second-order valence-corrected chi connectivity index (χ2v) is 11.6. The molecule has 0 saturated carbocycles. The predicted molar refractivity (Wildman–Crippen MR) is 166 cm³/mol. The highest BCUT2D eigenvalue weighted by Gasteiger charge is 2.33. The van der Waals surface area contributed by atoms with E-state index in [9.17, 15) is 9.59 Å². The fourth-order valence-electron chi connectivity index (χ4n) is 4.60. The number of hydrogen-bond acceptors (Lipinski definition) is 7. The number of benzene rings is 3. The number of ether oxygens (including phenoxy) is 3. The van der Waals surface area contributed by atoms with Crippen molar-refractivity contribution in [3.8, 4) is 11.5 Å². The molecule has 216 valence electrons. The van der Waals surface area contributed by atoms with E-state index < -0.39 is 12.0 Å². The van der Waals surface area contributed by atoms with Gasteiger partial charge in [0.15, 0.2) is 16.3 Å². The molecule has 3 aromatic carbocycles. The van der Waals surface area contributed by atoms with Gasteiger partial charge in [0.2, 0.25) is 0 Å². The second-order valence-electron chi connectivity index (χ2n) is 9.30. The molecule has 5 rings (SSSR count). The molecule has 11 heteroatoms. The van der Waals surface area contributed by atoms with Crippen molar-refractivity contribution in [3.63, 3.8) is 0 Å². The minimum atomic E-state index is -0.735. The number of carbonyl (C=O) groups is 1. The molecule has 1 aliphatic rings. The van der Waals surface area contributed by atoms with E-state index in [1.54, 1.807) is 68.5 Å². The Morgan fingerprint density at radius 2 is 1.71 bits per heavy atom. The van der Waals surface area contributed by atoms with Gasteiger partial charge in [0.1, 0.15) is 6.61 Å². The quantitative estimate of drug-likeness (QED) is 0.209. The molecule has 0 aliphatic carbocycles. The molecule has 0 radical (unpaired) electrons. The van der Waals surface area contributed by atoms with Crippen molar-refractivity contribution < 1.29 is 19.0 Å². The molecular weight excluding hydrogens is 619 g/mol. The molecular formula is C31H25Cl3N2O5S. The number of thiazole rings is 1. The Morgan fingerprint density at radius 1 is 1.05 bits per heavy atom. The molecule has 1 atom stereocenters. The number of carbonyl (C=O) groups excluding carboxylic acids is 1. The molecule has 0 fully saturated rings. The van der Waals surface area contributed by atoms with Gasteiger partial charge in [-0.25, -0.2) is 9.79 Å². The first kappa shape index (κ1) is 29.9. The predicted octanol–water partition coefficient (Wildman–Crippen LogP) is 6.35. The van der Waals surface area contributed by atoms with Gasteiger partial charge in [0, 0.05) is 10.0 Å². The summed E-state index contributed by atoms with van der Waals surface area (Å²) < 4.78 is 18.8. The molecule has 0 unspecified atom stereocenters. The Bertz CT molecular complexity index is 1860. The maximum Gasteiger partial charge on any atom is 0.338 e. The molecule has 2 heterocycles. The molecule has 1 aromatic heterocycles. The fraction of sp³-hybridized carbons (Fsp3) is 0.194. The number of methoxy groups -OCH3 is 1. The largest absolute Gasteiger partial charge is 0.493 e. The number of esters is 1. The van der Waals surface area contributed by atoms with Gasteiger partial charge < -0.3 is 14.2 Å². The Balaban J connectivity index is 1.56. The van der Waals surface area contributed by atoms with Gasteiger partial charge in [-0.2, -0.15) is 0 Å². The van der Waals surface area contributed by atoms with Crippen LogP contribution >= 0.6 is 46.1 Å². The van der Waals surface area contributed by atoms with Gasteiger partial charge in [0.05, 0.1) is 40.6 Å². The lowest BCUT2D eigenvalue weighted by molar-refractivity contribution is -0.139. The first-order valence-electron chi connectivity index (χ1n) is 12.9. The molecule has 0 N–H and O–H groups in total. The monoisotopic (exact) mass is 642 g/mol. The van der Waals surface area contributed by atoms with E-state index in [0.29, 0.717) is 58.3 Å². The zero-order valence-corrected chi connectivity index (χ0v) is 25.9. The third kappa shape index (κ3) is 6.13. The number of hydrogen-bond donors (Lipinski definition) is 0. The van der Waals surface area contributed by atoms with Crippen molar-refractivity contribution in [1.82, 2.24) is 4.57 Å². The number of aromatic nitrogens is 1. The summed E-state index contributed by atoms with van der Waals surface area (Å²) >= 11 is 19.9. The molecule has 42 heavy (non-hydrogen) atoms. The Kier molecular flexibility index (Phi) is 9.08. The average molecular weight is 644 g/mol. The van der Waals surface area contributed by atoms with Crippen molar-refractivity contribution in [2.45, 2.75) is 26.5 Å². The molecule has 4 aromatic rings. The zero-order valence-electron chi connectivity index (χ0n) is 22.8. The summed E-state index contributed by atoms with van der Waals surface area (Å²) in [5.74, 6) is 0.263. The molecule has 0 bridgehead atoms. The van der Waals surface area contributed by atoms with E-state index in [2.05, 4.69) is 4.99 Å². The zero-order chi connectivity index (χ0) is 30.0. The number of fused-ring (bicyclic) bond motifs is 1. The Labute approximate surface area is 260 Å². The number of rotatable bonds is 8. The molecule has 0 saturated heterocycles. The second kappa shape index (κ2) is 12.8. The van der Waals surface area contributed by atoms with Crippen LogP contribution in [0.15, 0.2) is 81.7 Å². The van der Waals surface area contributed by atoms with E-state index in [0.717, 1.165) is 5.56 Å². The molecule has 7 nitrogen and oxygen atoms in total. The summed E-state index contributed by atoms with van der Waals surface area (Å²) in [7, 11) is 1.52. The fourth-order valence-corrected chi connectivity index (χ4v) is 6.17. The summed E-state index contributed by atoms with van der Waals surface area (Å²) in [4.78, 5) is 32.0. The summed E-state index contributed by atoms with van der Waals surface area (Å²) in [6.07, 6.45) is 1.71. The van der Waals surface area contributed by atoms with E-state index in [4.69, 9.17) is 49.0 Å². The van der Waals surface area contributed by atoms with Crippen molar-refractivity contribution in [2.24, 2.45) is 4.99 Å². The number of allylic oxidation sites excluding steroid dienone is 1. The van der Waals surface area contributed by atoms with Crippen LogP contribution in [0.25, 0.3) is 6.08 Å². The average Bonchev–Trinajstić information content (AvgIpc) is 3.26. The molecule has 0 amide bonds. The van der Waals surface area contributed by atoms with Crippen LogP contribution in [-0.4, -0.2) is 24.3 Å². The standard InChI is InChI=1S/C31H25Cl3N2O5S/c1-4-40-30(38)26-17(2)35-31-36(27(26)20-7-11-22(33)12-8-20)29(37)25(42-31)15-19-13-23(34)28(24(14-19)39-3)41-16-18-5-9-21(32)10-6-18/h5-15,27H,4,16H2,1-3H3/b25-15-/t27-/m0/s1. The highest BCUT2D eigenvalue weighted by Crippen LogP contribution is 2.37. The summed E-state index contributed by atoms with van der Waals surface area (Å²) in [6, 6.07) is 17.0. The topological polar surface area (TPSA) is 79.1 Å². The molecule has 1 aliphatic heterocycles. The van der Waals surface area contributed by atoms with Crippen LogP contribution in [0.4, 0.5) is 0 Å². The third-order valence-electron chi connectivity index (χ3n) is 6.55. The van der Waals surface area contributed by atoms with Crippen molar-refractivity contribution in [3.05, 3.63) is 123 Å². The summed E-state index contributed by atoms with van der Waals surface area (Å²) in [5, 5.41) is 1.49. The highest BCUT2D eigenvalue weighted by atomic mass is 35.5. The minimum Gasteiger partial charge on any atom is -0.493 e. The first-order chi connectivity index (χ1) is 20.2. The number of halogens is 3. The van der Waals surface area contributed by atoms with Crippen LogP contribution in [0.3, 0.4) is 0 Å². The van der Waals surface area contributed by atoms with Crippen LogP contribution in [0.1, 0.15) is 36.6 Å². The Morgan fingerprint density at radius 3 is 2.36 bits per heavy atom. The van der Waals surface area contributed by atoms with E-state index in [1.807, 2.05) is 12.1 Å². The lowest BCUT2D eigenvalue weighted by atomic mass is 9.96. The van der Waals surface area contributed by atoms with Crippen LogP contribution < -0.4 is 24.4 Å². The molecule has 0 spiro atoms. The van der Waals surface area contributed by atoms with E-state index in [1.165, 1.54) is 23.0 Å². The maximum absolute atomic E-state index is 13.9. The summed E-state index contributed by atoms with van der Waals surface area (Å²) in [6.45, 7) is 3.92. The SMILES string of the molecule is CCOC(=O)C1=C(C)N=c2s/c(=C\c3cc(Cl)c(OCc4ccc(Cl)cc4)c(OC)c3)c(=O)n2[C@H]1c1ccc(Cl)cc1. The summed E-state index contributed by atoms with van der Waals surface area (Å²) in [5.41, 5.74) is 2.71. The lowest BCUT2D eigenvalue weighted by Gasteiger charge is -2.24. The van der Waals surface area contributed by atoms with Crippen LogP contribution in [0.2, 0.25) is 15.1 Å². The van der Waals surface area contributed by atoms with Gasteiger partial charge in [-0.05, 0) is 73.0 Å². The Hall–Kier alpha value is -3.56. The number of nitrogens with zero attached hydrogens (tertiary/aromatic N) is 2. The first-order valence-corrected chi connectivity index (χ1v) is 14.8. The third-order valence-corrected chi connectivity index (χ3v) is 8.32. The van der Waals surface area contributed by atoms with Crippen molar-refractivity contribution in [2.75, 3.05) is 13.7 Å². The highest BCUT2D eigenvalue weighted by molar-refractivity contribution is 7.07.